The first kappa shape index (κ1) is 12.5. The Balaban J connectivity index is 2.23. The third-order valence-corrected chi connectivity index (χ3v) is 2.14. The summed E-state index contributed by atoms with van der Waals surface area (Å²) >= 11 is 5.74. The van der Waals surface area contributed by atoms with Gasteiger partial charge in [-0.25, -0.2) is 0 Å². The molecule has 1 aromatic rings. The van der Waals surface area contributed by atoms with Gasteiger partial charge in [-0.1, -0.05) is 23.7 Å². The van der Waals surface area contributed by atoms with Gasteiger partial charge in [-0.2, -0.15) is 5.26 Å². The molecule has 0 saturated heterocycles. The van der Waals surface area contributed by atoms with Gasteiger partial charge in [-0.3, -0.25) is 4.79 Å². The van der Waals surface area contributed by atoms with Crippen molar-refractivity contribution >= 4 is 17.5 Å². The number of halogens is 1. The standard InChI is InChI=1S/C11H12ClN3O/c12-10-3-1-9(2-4-10)7-14-8-11(16)15-6-5-13/h1-4,14H,6-8H2,(H,15,16). The van der Waals surface area contributed by atoms with Crippen molar-refractivity contribution in [1.82, 2.24) is 10.6 Å². The maximum atomic E-state index is 11.1. The van der Waals surface area contributed by atoms with Crippen LogP contribution in [0.3, 0.4) is 0 Å². The van der Waals surface area contributed by atoms with Crippen molar-refractivity contribution in [2.24, 2.45) is 0 Å². The monoisotopic (exact) mass is 237 g/mol. The molecule has 0 bridgehead atoms. The van der Waals surface area contributed by atoms with Crippen LogP contribution in [-0.2, 0) is 11.3 Å². The van der Waals surface area contributed by atoms with E-state index in [1.54, 1.807) is 12.1 Å². The molecule has 0 heterocycles. The average molecular weight is 238 g/mol. The predicted molar refractivity (Wildman–Crippen MR) is 61.8 cm³/mol. The minimum absolute atomic E-state index is 0.0431. The Labute approximate surface area is 99.2 Å². The first-order chi connectivity index (χ1) is 7.72. The van der Waals surface area contributed by atoms with Crippen LogP contribution in [0.15, 0.2) is 24.3 Å². The van der Waals surface area contributed by atoms with Gasteiger partial charge in [0.15, 0.2) is 0 Å². The summed E-state index contributed by atoms with van der Waals surface area (Å²) in [6.07, 6.45) is 0. The molecule has 1 aromatic carbocycles. The number of rotatable bonds is 5. The van der Waals surface area contributed by atoms with Gasteiger partial charge >= 0.3 is 0 Å². The second-order valence-electron chi connectivity index (χ2n) is 3.16. The number of carbonyl (C=O) groups is 1. The van der Waals surface area contributed by atoms with E-state index in [1.807, 2.05) is 18.2 Å². The molecule has 5 heteroatoms. The summed E-state index contributed by atoms with van der Waals surface area (Å²) in [5.74, 6) is -0.185. The number of nitrogens with one attached hydrogen (secondary N) is 2. The van der Waals surface area contributed by atoms with Crippen molar-refractivity contribution in [3.8, 4) is 6.07 Å². The van der Waals surface area contributed by atoms with Crippen molar-refractivity contribution in [1.29, 1.82) is 5.26 Å². The molecule has 84 valence electrons. The molecule has 0 fully saturated rings. The zero-order chi connectivity index (χ0) is 11.8. The fourth-order valence-corrected chi connectivity index (χ4v) is 1.25. The zero-order valence-corrected chi connectivity index (χ0v) is 9.42. The van der Waals surface area contributed by atoms with Gasteiger partial charge in [0.05, 0.1) is 12.6 Å². The topological polar surface area (TPSA) is 64.9 Å². The van der Waals surface area contributed by atoms with E-state index in [0.717, 1.165) is 5.56 Å². The van der Waals surface area contributed by atoms with Gasteiger partial charge in [-0.05, 0) is 17.7 Å². The minimum Gasteiger partial charge on any atom is -0.342 e. The van der Waals surface area contributed by atoms with E-state index in [-0.39, 0.29) is 19.0 Å². The molecule has 1 amide bonds. The smallest absolute Gasteiger partial charge is 0.234 e. The summed E-state index contributed by atoms with van der Waals surface area (Å²) in [5, 5.41) is 14.3. The molecule has 0 atom stereocenters. The highest BCUT2D eigenvalue weighted by atomic mass is 35.5. The summed E-state index contributed by atoms with van der Waals surface area (Å²) in [6, 6.07) is 9.22. The van der Waals surface area contributed by atoms with Crippen LogP contribution in [0.25, 0.3) is 0 Å². The molecule has 16 heavy (non-hydrogen) atoms. The Morgan fingerprint density at radius 2 is 2.06 bits per heavy atom. The zero-order valence-electron chi connectivity index (χ0n) is 8.66. The van der Waals surface area contributed by atoms with E-state index in [9.17, 15) is 4.79 Å². The molecule has 0 aliphatic heterocycles. The number of nitriles is 1. The molecular formula is C11H12ClN3O. The van der Waals surface area contributed by atoms with Crippen LogP contribution in [0.5, 0.6) is 0 Å². The van der Waals surface area contributed by atoms with Crippen molar-refractivity contribution in [2.45, 2.75) is 6.54 Å². The highest BCUT2D eigenvalue weighted by Crippen LogP contribution is 2.08. The SMILES string of the molecule is N#CCNC(=O)CNCc1ccc(Cl)cc1. The van der Waals surface area contributed by atoms with Gasteiger partial charge in [0.2, 0.25) is 5.91 Å². The van der Waals surface area contributed by atoms with Gasteiger partial charge < -0.3 is 10.6 Å². The molecule has 0 aromatic heterocycles. The summed E-state index contributed by atoms with van der Waals surface area (Å²) in [7, 11) is 0. The fourth-order valence-electron chi connectivity index (χ4n) is 1.12. The van der Waals surface area contributed by atoms with Crippen molar-refractivity contribution in [2.75, 3.05) is 13.1 Å². The minimum atomic E-state index is -0.185. The third-order valence-electron chi connectivity index (χ3n) is 1.89. The predicted octanol–water partition coefficient (Wildman–Crippen LogP) is 1.07. The van der Waals surface area contributed by atoms with Gasteiger partial charge in [0.1, 0.15) is 6.54 Å². The summed E-state index contributed by atoms with van der Waals surface area (Å²) < 4.78 is 0. The maximum Gasteiger partial charge on any atom is 0.234 e. The molecule has 0 saturated carbocycles. The molecule has 1 rings (SSSR count). The molecule has 4 nitrogen and oxygen atoms in total. The number of nitrogens with zero attached hydrogens (tertiary/aromatic N) is 1. The number of amides is 1. The first-order valence-corrected chi connectivity index (χ1v) is 5.19. The van der Waals surface area contributed by atoms with Gasteiger partial charge in [0.25, 0.3) is 0 Å². The molecule has 0 aliphatic rings. The number of hydrogen-bond acceptors (Lipinski definition) is 3. The number of benzene rings is 1. The van der Waals surface area contributed by atoms with E-state index < -0.39 is 0 Å². The Kier molecular flexibility index (Phi) is 5.34. The van der Waals surface area contributed by atoms with Gasteiger partial charge in [0, 0.05) is 11.6 Å². The molecule has 0 unspecified atom stereocenters. The normalized spacial score (nSPS) is 9.50. The quantitative estimate of drug-likeness (QED) is 0.753. The third kappa shape index (κ3) is 4.78. The van der Waals surface area contributed by atoms with Crippen LogP contribution in [0.1, 0.15) is 5.56 Å². The second kappa shape index (κ2) is 6.83. The Bertz CT molecular complexity index is 383. The lowest BCUT2D eigenvalue weighted by Gasteiger charge is -2.04. The van der Waals surface area contributed by atoms with Gasteiger partial charge in [-0.15, -0.1) is 0 Å². The summed E-state index contributed by atoms with van der Waals surface area (Å²) in [5.41, 5.74) is 1.05. The van der Waals surface area contributed by atoms with E-state index in [2.05, 4.69) is 10.6 Å². The van der Waals surface area contributed by atoms with Crippen molar-refractivity contribution in [3.05, 3.63) is 34.9 Å². The maximum absolute atomic E-state index is 11.1. The molecule has 0 aliphatic carbocycles. The Hall–Kier alpha value is -1.57. The molecule has 0 spiro atoms. The molecule has 2 N–H and O–H groups in total. The van der Waals surface area contributed by atoms with E-state index >= 15 is 0 Å². The van der Waals surface area contributed by atoms with Crippen LogP contribution in [0.2, 0.25) is 5.02 Å². The largest absolute Gasteiger partial charge is 0.342 e. The van der Waals surface area contributed by atoms with Crippen LogP contribution < -0.4 is 10.6 Å². The highest BCUT2D eigenvalue weighted by Gasteiger charge is 1.99. The first-order valence-electron chi connectivity index (χ1n) is 4.81. The molecule has 0 radical (unpaired) electrons. The van der Waals surface area contributed by atoms with Crippen molar-refractivity contribution in [3.63, 3.8) is 0 Å². The van der Waals surface area contributed by atoms with Crippen LogP contribution >= 0.6 is 11.6 Å². The number of carbonyl (C=O) groups excluding carboxylic acids is 1. The summed E-state index contributed by atoms with van der Waals surface area (Å²) in [4.78, 5) is 11.1. The fraction of sp³-hybridized carbons (Fsp3) is 0.273. The number of hydrogen-bond donors (Lipinski definition) is 2. The van der Waals surface area contributed by atoms with E-state index in [4.69, 9.17) is 16.9 Å². The Morgan fingerprint density at radius 1 is 1.38 bits per heavy atom. The summed E-state index contributed by atoms with van der Waals surface area (Å²) in [6.45, 7) is 0.836. The van der Waals surface area contributed by atoms with E-state index in [0.29, 0.717) is 11.6 Å². The average Bonchev–Trinajstić information content (AvgIpc) is 2.29. The van der Waals surface area contributed by atoms with Crippen LogP contribution in [0.4, 0.5) is 0 Å². The highest BCUT2D eigenvalue weighted by molar-refractivity contribution is 6.30. The van der Waals surface area contributed by atoms with Crippen LogP contribution in [-0.4, -0.2) is 19.0 Å². The lowest BCUT2D eigenvalue weighted by Crippen LogP contribution is -2.33. The lowest BCUT2D eigenvalue weighted by atomic mass is 10.2. The van der Waals surface area contributed by atoms with Crippen molar-refractivity contribution < 1.29 is 4.79 Å². The molecular weight excluding hydrogens is 226 g/mol. The van der Waals surface area contributed by atoms with Crippen LogP contribution in [0, 0.1) is 11.3 Å². The lowest BCUT2D eigenvalue weighted by molar-refractivity contribution is -0.120. The van der Waals surface area contributed by atoms with E-state index in [1.165, 1.54) is 0 Å². The Morgan fingerprint density at radius 3 is 2.69 bits per heavy atom. The second-order valence-corrected chi connectivity index (χ2v) is 3.60.